The van der Waals surface area contributed by atoms with Crippen LogP contribution in [0.15, 0.2) is 42.0 Å². The number of allylic oxidation sites excluding steroid dienone is 1. The molecule has 1 heterocycles. The molecule has 8 heteroatoms. The predicted octanol–water partition coefficient (Wildman–Crippen LogP) is 3.97. The van der Waals surface area contributed by atoms with Crippen molar-refractivity contribution in [3.8, 4) is 0 Å². The van der Waals surface area contributed by atoms with Crippen molar-refractivity contribution in [2.75, 3.05) is 51.9 Å². The standard InChI is InChI=1S/C24H38FN3O3S/c1-8-11-28(17-21(18-31-7)32(30)24(3,4)5)16-19(9-2)20-14-22(25)26-23(15-20)27(6)12-10-13-29/h8-9,14-15,17,29H,1,10-13,16,18H2,2-7H3/b19-9+,21-17+. The van der Waals surface area contributed by atoms with Gasteiger partial charge in [-0.2, -0.15) is 4.39 Å². The van der Waals surface area contributed by atoms with Crippen LogP contribution in [-0.4, -0.2) is 71.0 Å². The Labute approximate surface area is 194 Å². The molecule has 0 aliphatic heterocycles. The molecule has 0 aromatic carbocycles. The normalized spacial score (nSPS) is 13.8. The summed E-state index contributed by atoms with van der Waals surface area (Å²) in [6, 6.07) is 3.26. The monoisotopic (exact) mass is 467 g/mol. The van der Waals surface area contributed by atoms with Gasteiger partial charge >= 0.3 is 0 Å². The third kappa shape index (κ3) is 8.84. The summed E-state index contributed by atoms with van der Waals surface area (Å²) in [4.78, 5) is 8.49. The Morgan fingerprint density at radius 2 is 2.06 bits per heavy atom. The molecule has 0 aliphatic rings. The number of ether oxygens (including phenoxy) is 1. The first-order valence-corrected chi connectivity index (χ1v) is 11.8. The first-order valence-electron chi connectivity index (χ1n) is 10.7. The van der Waals surface area contributed by atoms with Gasteiger partial charge in [0.15, 0.2) is 0 Å². The van der Waals surface area contributed by atoms with Crippen LogP contribution in [0.1, 0.15) is 39.7 Å². The topological polar surface area (TPSA) is 65.9 Å². The van der Waals surface area contributed by atoms with E-state index >= 15 is 0 Å². The first-order chi connectivity index (χ1) is 15.1. The van der Waals surface area contributed by atoms with Gasteiger partial charge in [-0.15, -0.1) is 6.58 Å². The van der Waals surface area contributed by atoms with Crippen molar-refractivity contribution in [3.05, 3.63) is 53.5 Å². The van der Waals surface area contributed by atoms with Gasteiger partial charge in [0.2, 0.25) is 5.95 Å². The molecule has 0 aliphatic carbocycles. The summed E-state index contributed by atoms with van der Waals surface area (Å²) in [6.45, 7) is 13.4. The molecule has 0 radical (unpaired) electrons. The van der Waals surface area contributed by atoms with Crippen molar-refractivity contribution in [1.29, 1.82) is 0 Å². The molecule has 1 aromatic heterocycles. The van der Waals surface area contributed by atoms with Crippen molar-refractivity contribution in [2.24, 2.45) is 0 Å². The Morgan fingerprint density at radius 1 is 1.38 bits per heavy atom. The van der Waals surface area contributed by atoms with E-state index in [0.29, 0.717) is 36.8 Å². The quantitative estimate of drug-likeness (QED) is 0.350. The molecule has 0 saturated heterocycles. The number of aliphatic hydroxyl groups excluding tert-OH is 1. The minimum Gasteiger partial charge on any atom is -0.396 e. The zero-order valence-corrected chi connectivity index (χ0v) is 21.0. The van der Waals surface area contributed by atoms with Gasteiger partial charge in [-0.3, -0.25) is 4.21 Å². The third-order valence-corrected chi connectivity index (χ3v) is 6.50. The first kappa shape index (κ1) is 28.0. The minimum absolute atomic E-state index is 0.0647. The molecule has 6 nitrogen and oxygen atoms in total. The van der Waals surface area contributed by atoms with Crippen LogP contribution in [0.4, 0.5) is 10.2 Å². The molecule has 0 amide bonds. The lowest BCUT2D eigenvalue weighted by atomic mass is 10.1. The Balaban J connectivity index is 3.26. The van der Waals surface area contributed by atoms with Crippen molar-refractivity contribution >= 4 is 22.2 Å². The highest BCUT2D eigenvalue weighted by atomic mass is 32.2. The maximum absolute atomic E-state index is 14.3. The molecule has 0 bridgehead atoms. The highest BCUT2D eigenvalue weighted by molar-refractivity contribution is 7.90. The maximum atomic E-state index is 14.3. The smallest absolute Gasteiger partial charge is 0.215 e. The number of methoxy groups -OCH3 is 1. The van der Waals surface area contributed by atoms with Gasteiger partial charge in [0.05, 0.1) is 22.3 Å². The predicted molar refractivity (Wildman–Crippen MR) is 132 cm³/mol. The molecule has 32 heavy (non-hydrogen) atoms. The second-order valence-electron chi connectivity index (χ2n) is 8.48. The SMILES string of the molecule is C=CCN(/C=C(\COC)S(=O)C(C)(C)C)C/C(=C\C)c1cc(F)nc(N(C)CCCO)c1. The van der Waals surface area contributed by atoms with E-state index in [9.17, 15) is 8.60 Å². The van der Waals surface area contributed by atoms with Crippen LogP contribution in [-0.2, 0) is 15.5 Å². The van der Waals surface area contributed by atoms with Crippen LogP contribution in [0, 0.1) is 5.95 Å². The Kier molecular flexibility index (Phi) is 11.8. The van der Waals surface area contributed by atoms with Crippen LogP contribution in [0.5, 0.6) is 0 Å². The zero-order chi connectivity index (χ0) is 24.3. The summed E-state index contributed by atoms with van der Waals surface area (Å²) < 4.78 is 32.2. The molecule has 1 N–H and O–H groups in total. The van der Waals surface area contributed by atoms with Crippen molar-refractivity contribution < 1.29 is 18.4 Å². The van der Waals surface area contributed by atoms with Gasteiger partial charge < -0.3 is 19.6 Å². The Bertz CT molecular complexity index is 834. The zero-order valence-electron chi connectivity index (χ0n) is 20.2. The van der Waals surface area contributed by atoms with Gasteiger partial charge in [0.25, 0.3) is 0 Å². The lowest BCUT2D eigenvalue weighted by Gasteiger charge is -2.25. The lowest BCUT2D eigenvalue weighted by molar-refractivity contribution is 0.229. The highest BCUT2D eigenvalue weighted by Crippen LogP contribution is 2.24. The second kappa shape index (κ2) is 13.5. The summed E-state index contributed by atoms with van der Waals surface area (Å²) in [5.74, 6) is -0.0556. The average molecular weight is 468 g/mol. The summed E-state index contributed by atoms with van der Waals surface area (Å²) in [7, 11) is 2.17. The maximum Gasteiger partial charge on any atom is 0.215 e. The number of hydrogen-bond donors (Lipinski definition) is 1. The van der Waals surface area contributed by atoms with Crippen molar-refractivity contribution in [2.45, 2.75) is 38.9 Å². The molecular formula is C24H38FN3O3S. The van der Waals surface area contributed by atoms with Gasteiger partial charge in [-0.25, -0.2) is 4.98 Å². The van der Waals surface area contributed by atoms with Gasteiger partial charge in [-0.05, 0) is 51.3 Å². The summed E-state index contributed by atoms with van der Waals surface area (Å²) in [5, 5.41) is 9.07. The average Bonchev–Trinajstić information content (AvgIpc) is 2.73. The number of halogens is 1. The molecular weight excluding hydrogens is 429 g/mol. The van der Waals surface area contributed by atoms with E-state index in [1.165, 1.54) is 6.07 Å². The number of aliphatic hydroxyl groups is 1. The van der Waals surface area contributed by atoms with E-state index in [-0.39, 0.29) is 13.2 Å². The molecule has 180 valence electrons. The number of aromatic nitrogens is 1. The molecule has 0 fully saturated rings. The molecule has 0 saturated carbocycles. The second-order valence-corrected chi connectivity index (χ2v) is 10.8. The number of hydrogen-bond acceptors (Lipinski definition) is 6. The number of pyridine rings is 1. The molecule has 1 atom stereocenters. The minimum atomic E-state index is -1.23. The largest absolute Gasteiger partial charge is 0.396 e. The van der Waals surface area contributed by atoms with Crippen LogP contribution in [0.25, 0.3) is 5.57 Å². The lowest BCUT2D eigenvalue weighted by Crippen LogP contribution is -2.28. The van der Waals surface area contributed by atoms with E-state index in [1.807, 2.05) is 62.9 Å². The van der Waals surface area contributed by atoms with Gasteiger partial charge in [0, 0.05) is 57.4 Å². The number of anilines is 1. The highest BCUT2D eigenvalue weighted by Gasteiger charge is 2.24. The van der Waals surface area contributed by atoms with E-state index in [0.717, 1.165) is 11.1 Å². The van der Waals surface area contributed by atoms with Crippen LogP contribution < -0.4 is 4.90 Å². The molecule has 0 spiro atoms. The van der Waals surface area contributed by atoms with E-state index < -0.39 is 21.5 Å². The van der Waals surface area contributed by atoms with Crippen LogP contribution in [0.2, 0.25) is 0 Å². The van der Waals surface area contributed by atoms with E-state index in [2.05, 4.69) is 11.6 Å². The third-order valence-electron chi connectivity index (χ3n) is 4.69. The molecule has 1 aromatic rings. The Morgan fingerprint density at radius 3 is 2.59 bits per heavy atom. The van der Waals surface area contributed by atoms with Gasteiger partial charge in [-0.1, -0.05) is 12.2 Å². The van der Waals surface area contributed by atoms with Crippen molar-refractivity contribution in [1.82, 2.24) is 9.88 Å². The van der Waals surface area contributed by atoms with Crippen LogP contribution in [0.3, 0.4) is 0 Å². The number of nitrogens with zero attached hydrogens (tertiary/aromatic N) is 3. The fourth-order valence-electron chi connectivity index (χ4n) is 3.06. The summed E-state index contributed by atoms with van der Waals surface area (Å²) in [6.07, 6.45) is 6.15. The van der Waals surface area contributed by atoms with Crippen LogP contribution >= 0.6 is 0 Å². The fourth-order valence-corrected chi connectivity index (χ4v) is 4.32. The van der Waals surface area contributed by atoms with E-state index in [4.69, 9.17) is 9.84 Å². The number of rotatable bonds is 13. The van der Waals surface area contributed by atoms with E-state index in [1.54, 1.807) is 13.2 Å². The molecule has 1 rings (SSSR count). The molecule has 1 unspecified atom stereocenters. The fraction of sp³-hybridized carbons (Fsp3) is 0.542. The Hall–Kier alpha value is -2.03. The van der Waals surface area contributed by atoms with Crippen molar-refractivity contribution in [3.63, 3.8) is 0 Å². The summed E-state index contributed by atoms with van der Waals surface area (Å²) in [5.41, 5.74) is 1.62. The van der Waals surface area contributed by atoms with Gasteiger partial charge in [0.1, 0.15) is 5.82 Å². The summed E-state index contributed by atoms with van der Waals surface area (Å²) >= 11 is 0.